The zero-order valence-electron chi connectivity index (χ0n) is 11.1. The maximum Gasteiger partial charge on any atom is 0.129 e. The Kier molecular flexibility index (Phi) is 5.76. The van der Waals surface area contributed by atoms with E-state index in [-0.39, 0.29) is 23.9 Å². The topological polar surface area (TPSA) is 32.3 Å². The van der Waals surface area contributed by atoms with Crippen molar-refractivity contribution in [2.75, 3.05) is 13.2 Å². The summed E-state index contributed by atoms with van der Waals surface area (Å²) in [4.78, 5) is 0. The fourth-order valence-electron chi connectivity index (χ4n) is 1.78. The molecule has 0 radical (unpaired) electrons. The monoisotopic (exact) mass is 317 g/mol. The van der Waals surface area contributed by atoms with Gasteiger partial charge < -0.3 is 10.4 Å². The van der Waals surface area contributed by atoms with Crippen LogP contribution in [0.3, 0.4) is 0 Å². The van der Waals surface area contributed by atoms with Gasteiger partial charge in [-0.3, -0.25) is 0 Å². The summed E-state index contributed by atoms with van der Waals surface area (Å²) in [5.41, 5.74) is 0.674. The Balaban J connectivity index is 2.63. The van der Waals surface area contributed by atoms with Gasteiger partial charge in [0.25, 0.3) is 0 Å². The second-order valence-electron chi connectivity index (χ2n) is 5.41. The van der Waals surface area contributed by atoms with Crippen LogP contribution in [0.25, 0.3) is 0 Å². The van der Waals surface area contributed by atoms with E-state index in [9.17, 15) is 4.39 Å². The third kappa shape index (κ3) is 4.67. The Morgan fingerprint density at radius 3 is 2.67 bits per heavy atom. The molecule has 2 nitrogen and oxygen atoms in total. The molecule has 102 valence electrons. The zero-order valence-corrected chi connectivity index (χ0v) is 12.7. The summed E-state index contributed by atoms with van der Waals surface area (Å²) in [6.07, 6.45) is 0.732. The first kappa shape index (κ1) is 15.6. The van der Waals surface area contributed by atoms with Gasteiger partial charge in [-0.25, -0.2) is 4.39 Å². The van der Waals surface area contributed by atoms with Crippen LogP contribution in [0, 0.1) is 11.2 Å². The van der Waals surface area contributed by atoms with Crippen molar-refractivity contribution >= 4 is 15.9 Å². The molecular formula is C14H21BrFNO. The van der Waals surface area contributed by atoms with Gasteiger partial charge in [0.2, 0.25) is 0 Å². The van der Waals surface area contributed by atoms with Crippen LogP contribution in [0.1, 0.15) is 38.8 Å². The number of hydrogen-bond acceptors (Lipinski definition) is 2. The minimum Gasteiger partial charge on any atom is -0.396 e. The predicted octanol–water partition coefficient (Wildman–Crippen LogP) is 3.65. The average molecular weight is 318 g/mol. The Morgan fingerprint density at radius 1 is 1.44 bits per heavy atom. The van der Waals surface area contributed by atoms with Crippen LogP contribution >= 0.6 is 15.9 Å². The summed E-state index contributed by atoms with van der Waals surface area (Å²) in [6, 6.07) is 5.06. The Labute approximate surface area is 117 Å². The lowest BCUT2D eigenvalue weighted by Crippen LogP contribution is -2.32. The lowest BCUT2D eigenvalue weighted by Gasteiger charge is -2.26. The first-order valence-corrected chi connectivity index (χ1v) is 6.94. The summed E-state index contributed by atoms with van der Waals surface area (Å²) in [5.74, 6) is -0.204. The summed E-state index contributed by atoms with van der Waals surface area (Å²) >= 11 is 3.25. The quantitative estimate of drug-likeness (QED) is 0.839. The lowest BCUT2D eigenvalue weighted by molar-refractivity contribution is 0.203. The molecular weight excluding hydrogens is 297 g/mol. The molecule has 2 N–H and O–H groups in total. The predicted molar refractivity (Wildman–Crippen MR) is 76.0 cm³/mol. The van der Waals surface area contributed by atoms with E-state index < -0.39 is 0 Å². The van der Waals surface area contributed by atoms with Crippen LogP contribution in [-0.2, 0) is 0 Å². The number of aliphatic hydroxyl groups excluding tert-OH is 1. The van der Waals surface area contributed by atoms with Gasteiger partial charge in [0.05, 0.1) is 0 Å². The molecule has 1 aromatic carbocycles. The molecule has 0 aliphatic carbocycles. The molecule has 4 heteroatoms. The average Bonchev–Trinajstić information content (AvgIpc) is 2.26. The largest absolute Gasteiger partial charge is 0.396 e. The molecule has 1 rings (SSSR count). The maximum absolute atomic E-state index is 13.8. The van der Waals surface area contributed by atoms with Crippen molar-refractivity contribution in [3.05, 3.63) is 34.1 Å². The van der Waals surface area contributed by atoms with Crippen LogP contribution < -0.4 is 5.32 Å². The Morgan fingerprint density at radius 2 is 2.11 bits per heavy atom. The van der Waals surface area contributed by atoms with Crippen molar-refractivity contribution in [2.45, 2.75) is 33.2 Å². The minimum atomic E-state index is -0.204. The fraction of sp³-hybridized carbons (Fsp3) is 0.571. The van der Waals surface area contributed by atoms with Crippen LogP contribution in [-0.4, -0.2) is 18.3 Å². The molecule has 0 saturated carbocycles. The summed E-state index contributed by atoms with van der Waals surface area (Å²) in [5, 5.41) is 12.3. The number of halogens is 2. The smallest absolute Gasteiger partial charge is 0.129 e. The van der Waals surface area contributed by atoms with Crippen molar-refractivity contribution < 1.29 is 9.50 Å². The van der Waals surface area contributed by atoms with Crippen molar-refractivity contribution in [2.24, 2.45) is 5.41 Å². The van der Waals surface area contributed by atoms with Gasteiger partial charge in [-0.05, 0) is 30.9 Å². The molecule has 0 amide bonds. The van der Waals surface area contributed by atoms with E-state index in [1.807, 2.05) is 13.0 Å². The first-order chi connectivity index (χ1) is 8.35. The first-order valence-electron chi connectivity index (χ1n) is 6.15. The molecule has 0 spiro atoms. The van der Waals surface area contributed by atoms with E-state index in [4.69, 9.17) is 5.11 Å². The Hall–Kier alpha value is -0.450. The van der Waals surface area contributed by atoms with Gasteiger partial charge in [-0.1, -0.05) is 35.8 Å². The standard InChI is InChI=1S/C14H21BrFNO/c1-10(17-9-14(2,3)6-7-18)12-5-4-11(15)8-13(12)16/h4-5,8,10,17-18H,6-7,9H2,1-3H3. The van der Waals surface area contributed by atoms with Crippen LogP contribution in [0.5, 0.6) is 0 Å². The molecule has 0 aromatic heterocycles. The van der Waals surface area contributed by atoms with E-state index in [0.717, 1.165) is 17.4 Å². The van der Waals surface area contributed by atoms with Gasteiger partial charge in [0, 0.05) is 29.2 Å². The third-order valence-corrected chi connectivity index (χ3v) is 3.60. The molecule has 0 aliphatic rings. The highest BCUT2D eigenvalue weighted by molar-refractivity contribution is 9.10. The van der Waals surface area contributed by atoms with Crippen molar-refractivity contribution in [3.8, 4) is 0 Å². The van der Waals surface area contributed by atoms with Gasteiger partial charge in [-0.2, -0.15) is 0 Å². The third-order valence-electron chi connectivity index (χ3n) is 3.10. The van der Waals surface area contributed by atoms with E-state index in [2.05, 4.69) is 35.1 Å². The van der Waals surface area contributed by atoms with E-state index >= 15 is 0 Å². The van der Waals surface area contributed by atoms with Crippen molar-refractivity contribution in [1.29, 1.82) is 0 Å². The molecule has 1 atom stereocenters. The number of nitrogens with one attached hydrogen (secondary N) is 1. The highest BCUT2D eigenvalue weighted by atomic mass is 79.9. The minimum absolute atomic E-state index is 0.00878. The van der Waals surface area contributed by atoms with Gasteiger partial charge in [0.1, 0.15) is 5.82 Å². The van der Waals surface area contributed by atoms with Crippen molar-refractivity contribution in [1.82, 2.24) is 5.32 Å². The van der Waals surface area contributed by atoms with Crippen LogP contribution in [0.15, 0.2) is 22.7 Å². The van der Waals surface area contributed by atoms with Gasteiger partial charge >= 0.3 is 0 Å². The van der Waals surface area contributed by atoms with Crippen LogP contribution in [0.4, 0.5) is 4.39 Å². The number of hydrogen-bond donors (Lipinski definition) is 2. The van der Waals surface area contributed by atoms with Gasteiger partial charge in [0.15, 0.2) is 0 Å². The normalized spacial score (nSPS) is 13.7. The van der Waals surface area contributed by atoms with Crippen LogP contribution in [0.2, 0.25) is 0 Å². The highest BCUT2D eigenvalue weighted by Crippen LogP contribution is 2.23. The molecule has 0 saturated heterocycles. The second kappa shape index (κ2) is 6.64. The van der Waals surface area contributed by atoms with E-state index in [1.54, 1.807) is 6.07 Å². The molecule has 0 bridgehead atoms. The zero-order chi connectivity index (χ0) is 13.8. The number of benzene rings is 1. The Bertz CT molecular complexity index is 395. The van der Waals surface area contributed by atoms with E-state index in [1.165, 1.54) is 6.07 Å². The lowest BCUT2D eigenvalue weighted by atomic mass is 9.89. The fourth-order valence-corrected chi connectivity index (χ4v) is 2.12. The van der Waals surface area contributed by atoms with E-state index in [0.29, 0.717) is 5.56 Å². The summed E-state index contributed by atoms with van der Waals surface area (Å²) < 4.78 is 14.5. The van der Waals surface area contributed by atoms with Gasteiger partial charge in [-0.15, -0.1) is 0 Å². The number of rotatable bonds is 6. The molecule has 0 heterocycles. The summed E-state index contributed by atoms with van der Waals surface area (Å²) in [7, 11) is 0. The molecule has 1 aromatic rings. The molecule has 1 unspecified atom stereocenters. The second-order valence-corrected chi connectivity index (χ2v) is 6.32. The molecule has 18 heavy (non-hydrogen) atoms. The SMILES string of the molecule is CC(NCC(C)(C)CCO)c1ccc(Br)cc1F. The molecule has 0 aliphatic heterocycles. The maximum atomic E-state index is 13.8. The highest BCUT2D eigenvalue weighted by Gasteiger charge is 2.19. The van der Waals surface area contributed by atoms with Crippen molar-refractivity contribution in [3.63, 3.8) is 0 Å². The summed E-state index contributed by atoms with van der Waals surface area (Å²) in [6.45, 7) is 7.03. The number of aliphatic hydroxyl groups is 1. The molecule has 0 fully saturated rings.